The van der Waals surface area contributed by atoms with Crippen LogP contribution in [0.4, 0.5) is 4.79 Å². The molecule has 2 aromatic carbocycles. The number of ether oxygens (including phenoxy) is 1. The SMILES string of the molecule is C=CCc1cc(/C=C2\SC(=O)N(Cc3ccc(Cl)cc3Cl)C2=O)cc(OC)c1O. The molecule has 1 saturated heterocycles. The smallest absolute Gasteiger partial charge is 0.293 e. The number of imide groups is 1. The molecule has 2 aromatic rings. The largest absolute Gasteiger partial charge is 0.504 e. The van der Waals surface area contributed by atoms with Crippen LogP contribution in [0, 0.1) is 0 Å². The maximum absolute atomic E-state index is 12.8. The second-order valence-corrected chi connectivity index (χ2v) is 8.06. The normalized spacial score (nSPS) is 15.3. The number of halogens is 2. The van der Waals surface area contributed by atoms with E-state index in [2.05, 4.69) is 6.58 Å². The fourth-order valence-electron chi connectivity index (χ4n) is 2.85. The van der Waals surface area contributed by atoms with Crippen LogP contribution in [0.3, 0.4) is 0 Å². The van der Waals surface area contributed by atoms with E-state index in [0.717, 1.165) is 16.7 Å². The van der Waals surface area contributed by atoms with Crippen LogP contribution in [-0.2, 0) is 17.8 Å². The Bertz CT molecular complexity index is 1040. The summed E-state index contributed by atoms with van der Waals surface area (Å²) in [5.74, 6) is -0.110. The lowest BCUT2D eigenvalue weighted by atomic mass is 10.1. The van der Waals surface area contributed by atoms with Gasteiger partial charge in [0, 0.05) is 15.6 Å². The first kappa shape index (κ1) is 21.3. The van der Waals surface area contributed by atoms with Crippen LogP contribution in [0.1, 0.15) is 16.7 Å². The van der Waals surface area contributed by atoms with Gasteiger partial charge in [-0.3, -0.25) is 14.5 Å². The molecule has 0 radical (unpaired) electrons. The number of carbonyl (C=O) groups is 2. The standard InChI is InChI=1S/C21H17Cl2NO4S/c1-3-4-13-7-12(8-17(28-2)19(13)25)9-18-20(26)24(21(27)29-18)11-14-5-6-15(22)10-16(14)23/h3,5-10,25H,1,4,11H2,2H3/b18-9-. The molecule has 29 heavy (non-hydrogen) atoms. The number of carbonyl (C=O) groups excluding carboxylic acids is 2. The Hall–Kier alpha value is -2.41. The number of amides is 2. The van der Waals surface area contributed by atoms with E-state index in [1.807, 2.05) is 0 Å². The summed E-state index contributed by atoms with van der Waals surface area (Å²) in [6.45, 7) is 3.73. The number of aromatic hydroxyl groups is 1. The molecule has 0 aromatic heterocycles. The van der Waals surface area contributed by atoms with Gasteiger partial charge in [0.1, 0.15) is 0 Å². The van der Waals surface area contributed by atoms with Gasteiger partial charge in [-0.2, -0.15) is 0 Å². The van der Waals surface area contributed by atoms with Crippen LogP contribution in [0.25, 0.3) is 6.08 Å². The van der Waals surface area contributed by atoms with Gasteiger partial charge in [-0.15, -0.1) is 6.58 Å². The molecule has 2 amide bonds. The molecule has 5 nitrogen and oxygen atoms in total. The van der Waals surface area contributed by atoms with Gasteiger partial charge in [0.25, 0.3) is 11.1 Å². The Balaban J connectivity index is 1.90. The molecule has 0 spiro atoms. The lowest BCUT2D eigenvalue weighted by Gasteiger charge is -2.13. The number of methoxy groups -OCH3 is 1. The monoisotopic (exact) mass is 449 g/mol. The Kier molecular flexibility index (Phi) is 6.57. The Morgan fingerprint density at radius 2 is 1.97 bits per heavy atom. The predicted octanol–water partition coefficient (Wildman–Crippen LogP) is 5.67. The fraction of sp³-hybridized carbons (Fsp3) is 0.143. The average Bonchev–Trinajstić information content (AvgIpc) is 2.93. The lowest BCUT2D eigenvalue weighted by molar-refractivity contribution is -0.123. The quantitative estimate of drug-likeness (QED) is 0.454. The van der Waals surface area contributed by atoms with Crippen molar-refractivity contribution in [2.45, 2.75) is 13.0 Å². The number of rotatable bonds is 6. The highest BCUT2D eigenvalue weighted by Crippen LogP contribution is 2.37. The molecule has 0 aliphatic carbocycles. The summed E-state index contributed by atoms with van der Waals surface area (Å²) < 4.78 is 5.20. The molecule has 1 fully saturated rings. The lowest BCUT2D eigenvalue weighted by Crippen LogP contribution is -2.27. The highest BCUT2D eigenvalue weighted by Gasteiger charge is 2.35. The minimum absolute atomic E-state index is 0.0232. The number of benzene rings is 2. The maximum atomic E-state index is 12.8. The summed E-state index contributed by atoms with van der Waals surface area (Å²) in [6.07, 6.45) is 3.69. The van der Waals surface area contributed by atoms with E-state index in [9.17, 15) is 14.7 Å². The van der Waals surface area contributed by atoms with E-state index in [0.29, 0.717) is 33.2 Å². The predicted molar refractivity (Wildman–Crippen MR) is 117 cm³/mol. The number of allylic oxidation sites excluding steroid dienone is 1. The van der Waals surface area contributed by atoms with Crippen LogP contribution in [0.5, 0.6) is 11.5 Å². The first-order valence-corrected chi connectivity index (χ1v) is 10.1. The minimum Gasteiger partial charge on any atom is -0.504 e. The topological polar surface area (TPSA) is 66.8 Å². The van der Waals surface area contributed by atoms with Crippen molar-refractivity contribution in [3.05, 3.63) is 74.6 Å². The molecule has 0 unspecified atom stereocenters. The number of hydrogen-bond donors (Lipinski definition) is 1. The van der Waals surface area contributed by atoms with Crippen LogP contribution in [0.15, 0.2) is 47.9 Å². The summed E-state index contributed by atoms with van der Waals surface area (Å²) >= 11 is 12.9. The number of phenolic OH excluding ortho intramolecular Hbond substituents is 1. The van der Waals surface area contributed by atoms with Gasteiger partial charge in [-0.1, -0.05) is 35.3 Å². The van der Waals surface area contributed by atoms with Crippen LogP contribution >= 0.6 is 35.0 Å². The summed E-state index contributed by atoms with van der Waals surface area (Å²) in [4.78, 5) is 26.6. The van der Waals surface area contributed by atoms with Gasteiger partial charge in [0.2, 0.25) is 0 Å². The van der Waals surface area contributed by atoms with Crippen molar-refractivity contribution < 1.29 is 19.4 Å². The van der Waals surface area contributed by atoms with E-state index < -0.39 is 5.91 Å². The van der Waals surface area contributed by atoms with Gasteiger partial charge in [0.05, 0.1) is 18.6 Å². The molecular weight excluding hydrogens is 433 g/mol. The van der Waals surface area contributed by atoms with E-state index in [1.165, 1.54) is 7.11 Å². The van der Waals surface area contributed by atoms with Gasteiger partial charge in [0.15, 0.2) is 11.5 Å². The van der Waals surface area contributed by atoms with Crippen molar-refractivity contribution in [3.8, 4) is 11.5 Å². The van der Waals surface area contributed by atoms with E-state index in [1.54, 1.807) is 42.5 Å². The molecule has 1 heterocycles. The number of nitrogens with zero attached hydrogens (tertiary/aromatic N) is 1. The zero-order valence-corrected chi connectivity index (χ0v) is 17.8. The summed E-state index contributed by atoms with van der Waals surface area (Å²) in [5, 5.41) is 10.7. The number of hydrogen-bond acceptors (Lipinski definition) is 5. The van der Waals surface area contributed by atoms with Gasteiger partial charge < -0.3 is 9.84 Å². The third kappa shape index (κ3) is 4.61. The molecule has 1 aliphatic heterocycles. The van der Waals surface area contributed by atoms with Crippen LogP contribution < -0.4 is 4.74 Å². The van der Waals surface area contributed by atoms with Gasteiger partial charge >= 0.3 is 0 Å². The second kappa shape index (κ2) is 8.95. The molecule has 0 saturated carbocycles. The Morgan fingerprint density at radius 1 is 1.21 bits per heavy atom. The first-order chi connectivity index (χ1) is 13.8. The van der Waals surface area contributed by atoms with Crippen molar-refractivity contribution in [3.63, 3.8) is 0 Å². The van der Waals surface area contributed by atoms with Gasteiger partial charge in [-0.25, -0.2) is 0 Å². The summed E-state index contributed by atoms with van der Waals surface area (Å²) in [6, 6.07) is 8.23. The van der Waals surface area contributed by atoms with Crippen molar-refractivity contribution >= 4 is 52.2 Å². The van der Waals surface area contributed by atoms with Crippen molar-refractivity contribution in [1.29, 1.82) is 0 Å². The summed E-state index contributed by atoms with van der Waals surface area (Å²) in [5.41, 5.74) is 1.86. The Labute approximate surface area is 182 Å². The number of thioether (sulfide) groups is 1. The van der Waals surface area contributed by atoms with E-state index in [-0.39, 0.29) is 28.2 Å². The van der Waals surface area contributed by atoms with Crippen LogP contribution in [-0.4, -0.2) is 28.3 Å². The number of phenols is 1. The molecule has 0 bridgehead atoms. The van der Waals surface area contributed by atoms with E-state index >= 15 is 0 Å². The molecule has 150 valence electrons. The van der Waals surface area contributed by atoms with Crippen molar-refractivity contribution in [2.75, 3.05) is 7.11 Å². The Morgan fingerprint density at radius 3 is 2.62 bits per heavy atom. The zero-order chi connectivity index (χ0) is 21.1. The molecule has 3 rings (SSSR count). The average molecular weight is 450 g/mol. The molecule has 8 heteroatoms. The van der Waals surface area contributed by atoms with Crippen LogP contribution in [0.2, 0.25) is 10.0 Å². The van der Waals surface area contributed by atoms with E-state index in [4.69, 9.17) is 27.9 Å². The van der Waals surface area contributed by atoms with Gasteiger partial charge in [-0.05, 0) is 59.7 Å². The molecule has 1 N–H and O–H groups in total. The fourth-order valence-corrected chi connectivity index (χ4v) is 4.15. The highest BCUT2D eigenvalue weighted by molar-refractivity contribution is 8.18. The first-order valence-electron chi connectivity index (χ1n) is 8.54. The maximum Gasteiger partial charge on any atom is 0.293 e. The molecular formula is C21H17Cl2NO4S. The molecule has 0 atom stereocenters. The third-order valence-electron chi connectivity index (χ3n) is 4.28. The minimum atomic E-state index is -0.414. The molecule has 1 aliphatic rings. The zero-order valence-electron chi connectivity index (χ0n) is 15.4. The van der Waals surface area contributed by atoms with Crippen molar-refractivity contribution in [1.82, 2.24) is 4.90 Å². The third-order valence-corrected chi connectivity index (χ3v) is 5.77. The van der Waals surface area contributed by atoms with Crippen molar-refractivity contribution in [2.24, 2.45) is 0 Å². The summed E-state index contributed by atoms with van der Waals surface area (Å²) in [7, 11) is 1.44. The highest BCUT2D eigenvalue weighted by atomic mass is 35.5. The second-order valence-electron chi connectivity index (χ2n) is 6.23.